The van der Waals surface area contributed by atoms with Crippen molar-refractivity contribution in [1.29, 1.82) is 10.5 Å². The Kier molecular flexibility index (Phi) is 7.51. The molecule has 7 heteroatoms. The third kappa shape index (κ3) is 8.69. The Morgan fingerprint density at radius 3 is 2.14 bits per heavy atom. The van der Waals surface area contributed by atoms with E-state index in [4.69, 9.17) is 15.4 Å². The number of alkyl halides is 3. The lowest BCUT2D eigenvalue weighted by molar-refractivity contribution is -0.138. The minimum atomic E-state index is -4.40. The van der Waals surface area contributed by atoms with Crippen molar-refractivity contribution in [3.8, 4) is 12.1 Å². The Morgan fingerprint density at radius 2 is 1.71 bits per heavy atom. The number of allylic oxidation sites excluding steroid dienone is 1. The molecule has 0 rings (SSSR count). The Labute approximate surface area is 122 Å². The number of oxime groups is 1. The second-order valence-electron chi connectivity index (χ2n) is 5.00. The van der Waals surface area contributed by atoms with Crippen LogP contribution in [0.3, 0.4) is 0 Å². The molecule has 0 saturated carbocycles. The standard InChI is InChI=1S/C14H18F3N3O/c1-11(2)4-7-21-20-12(3)8-13(9-18,10-19)5-6-14(15,16)17/h4H,5-8H2,1-3H3. The molecule has 0 unspecified atom stereocenters. The lowest BCUT2D eigenvalue weighted by Gasteiger charge is -2.18. The van der Waals surface area contributed by atoms with Crippen LogP contribution in [0.4, 0.5) is 13.2 Å². The normalized spacial score (nSPS) is 12.3. The number of hydrogen-bond acceptors (Lipinski definition) is 4. The fourth-order valence-electron chi connectivity index (χ4n) is 1.48. The molecule has 0 aliphatic carbocycles. The lowest BCUT2D eigenvalue weighted by Crippen LogP contribution is -2.23. The molecule has 0 aromatic heterocycles. The molecule has 0 amide bonds. The number of hydrogen-bond donors (Lipinski definition) is 0. The molecule has 0 aliphatic heterocycles. The topological polar surface area (TPSA) is 69.2 Å². The van der Waals surface area contributed by atoms with Crippen LogP contribution in [0.15, 0.2) is 16.8 Å². The highest BCUT2D eigenvalue weighted by Crippen LogP contribution is 2.33. The van der Waals surface area contributed by atoms with E-state index in [-0.39, 0.29) is 13.0 Å². The fraction of sp³-hybridized carbons (Fsp3) is 0.643. The molecule has 0 bridgehead atoms. The van der Waals surface area contributed by atoms with Gasteiger partial charge in [0.1, 0.15) is 12.0 Å². The minimum absolute atomic E-state index is 0.176. The quantitative estimate of drug-likeness (QED) is 0.307. The van der Waals surface area contributed by atoms with E-state index >= 15 is 0 Å². The monoisotopic (exact) mass is 301 g/mol. The van der Waals surface area contributed by atoms with Crippen molar-refractivity contribution in [3.05, 3.63) is 11.6 Å². The summed E-state index contributed by atoms with van der Waals surface area (Å²) in [6.07, 6.45) is -4.55. The summed E-state index contributed by atoms with van der Waals surface area (Å²) in [5.74, 6) is 0. The van der Waals surface area contributed by atoms with Crippen LogP contribution in [0.2, 0.25) is 0 Å². The Balaban J connectivity index is 4.70. The summed E-state index contributed by atoms with van der Waals surface area (Å²) in [6.45, 7) is 5.51. The third-order valence-electron chi connectivity index (χ3n) is 2.61. The van der Waals surface area contributed by atoms with Gasteiger partial charge in [-0.1, -0.05) is 10.7 Å². The number of nitrogens with zero attached hydrogens (tertiary/aromatic N) is 3. The number of rotatable bonds is 7. The predicted octanol–water partition coefficient (Wildman–Crippen LogP) is 4.11. The maximum atomic E-state index is 12.2. The zero-order chi connectivity index (χ0) is 16.5. The minimum Gasteiger partial charge on any atom is -0.392 e. The van der Waals surface area contributed by atoms with Crippen LogP contribution in [0.25, 0.3) is 0 Å². The summed E-state index contributed by atoms with van der Waals surface area (Å²) in [6, 6.07) is 3.34. The Hall–Kier alpha value is -2.02. The highest BCUT2D eigenvalue weighted by atomic mass is 19.4. The van der Waals surface area contributed by atoms with Gasteiger partial charge in [0.15, 0.2) is 0 Å². The zero-order valence-electron chi connectivity index (χ0n) is 12.3. The van der Waals surface area contributed by atoms with E-state index in [1.165, 1.54) is 6.92 Å². The summed E-state index contributed by atoms with van der Waals surface area (Å²) >= 11 is 0. The maximum Gasteiger partial charge on any atom is 0.389 e. The lowest BCUT2D eigenvalue weighted by atomic mass is 9.81. The van der Waals surface area contributed by atoms with E-state index < -0.39 is 24.4 Å². The third-order valence-corrected chi connectivity index (χ3v) is 2.61. The summed E-state index contributed by atoms with van der Waals surface area (Å²) in [5, 5.41) is 21.8. The molecule has 0 radical (unpaired) electrons. The molecule has 0 spiro atoms. The SMILES string of the molecule is CC(C)=CCON=C(C)CC(C#N)(C#N)CCC(F)(F)F. The molecule has 0 aromatic carbocycles. The molecule has 0 aromatic rings. The van der Waals surface area contributed by atoms with Gasteiger partial charge in [0.25, 0.3) is 0 Å². The van der Waals surface area contributed by atoms with Gasteiger partial charge in [0, 0.05) is 12.8 Å². The molecule has 0 heterocycles. The number of nitriles is 2. The first kappa shape index (κ1) is 19.0. The molecule has 4 nitrogen and oxygen atoms in total. The molecule has 0 atom stereocenters. The molecule has 0 saturated heterocycles. The molecule has 0 N–H and O–H groups in total. The second kappa shape index (κ2) is 8.31. The predicted molar refractivity (Wildman–Crippen MR) is 72.1 cm³/mol. The summed E-state index contributed by atoms with van der Waals surface area (Å²) < 4.78 is 36.7. The van der Waals surface area contributed by atoms with Crippen LogP contribution in [-0.4, -0.2) is 18.5 Å². The highest BCUT2D eigenvalue weighted by molar-refractivity contribution is 5.82. The van der Waals surface area contributed by atoms with Crippen LogP contribution in [0, 0.1) is 28.1 Å². The highest BCUT2D eigenvalue weighted by Gasteiger charge is 2.37. The van der Waals surface area contributed by atoms with E-state index in [1.54, 1.807) is 18.2 Å². The smallest absolute Gasteiger partial charge is 0.389 e. The van der Waals surface area contributed by atoms with E-state index in [9.17, 15) is 13.2 Å². The largest absolute Gasteiger partial charge is 0.392 e. The summed E-state index contributed by atoms with van der Waals surface area (Å²) in [5.41, 5.74) is -0.387. The van der Waals surface area contributed by atoms with Gasteiger partial charge in [0.2, 0.25) is 0 Å². The van der Waals surface area contributed by atoms with Crippen LogP contribution < -0.4 is 0 Å². The van der Waals surface area contributed by atoms with Gasteiger partial charge in [-0.3, -0.25) is 0 Å². The van der Waals surface area contributed by atoms with Crippen molar-refractivity contribution in [3.63, 3.8) is 0 Å². The van der Waals surface area contributed by atoms with Crippen LogP contribution in [-0.2, 0) is 4.84 Å². The Morgan fingerprint density at radius 1 is 1.14 bits per heavy atom. The van der Waals surface area contributed by atoms with Gasteiger partial charge in [-0.25, -0.2) is 0 Å². The van der Waals surface area contributed by atoms with Crippen LogP contribution >= 0.6 is 0 Å². The first-order valence-corrected chi connectivity index (χ1v) is 6.32. The first-order valence-electron chi connectivity index (χ1n) is 6.32. The van der Waals surface area contributed by atoms with E-state index in [2.05, 4.69) is 5.16 Å². The van der Waals surface area contributed by atoms with Crippen LogP contribution in [0.1, 0.15) is 40.0 Å². The van der Waals surface area contributed by atoms with Gasteiger partial charge >= 0.3 is 6.18 Å². The zero-order valence-corrected chi connectivity index (χ0v) is 12.3. The van der Waals surface area contributed by atoms with Crippen molar-refractivity contribution >= 4 is 5.71 Å². The number of halogens is 3. The van der Waals surface area contributed by atoms with Crippen molar-refractivity contribution < 1.29 is 18.0 Å². The van der Waals surface area contributed by atoms with Gasteiger partial charge in [-0.05, 0) is 33.3 Å². The Bertz CT molecular complexity index is 463. The molecular weight excluding hydrogens is 283 g/mol. The van der Waals surface area contributed by atoms with E-state index in [0.717, 1.165) is 5.57 Å². The second-order valence-corrected chi connectivity index (χ2v) is 5.00. The van der Waals surface area contributed by atoms with Gasteiger partial charge in [-0.2, -0.15) is 23.7 Å². The van der Waals surface area contributed by atoms with Crippen molar-refractivity contribution in [1.82, 2.24) is 0 Å². The van der Waals surface area contributed by atoms with Crippen molar-refractivity contribution in [2.24, 2.45) is 10.6 Å². The average molecular weight is 301 g/mol. The van der Waals surface area contributed by atoms with Gasteiger partial charge in [-0.15, -0.1) is 0 Å². The molecule has 116 valence electrons. The first-order chi connectivity index (χ1) is 9.64. The molecule has 0 fully saturated rings. The molecular formula is C14H18F3N3O. The van der Waals surface area contributed by atoms with E-state index in [0.29, 0.717) is 5.71 Å². The average Bonchev–Trinajstić information content (AvgIpc) is 2.38. The van der Waals surface area contributed by atoms with Crippen molar-refractivity contribution in [2.75, 3.05) is 6.61 Å². The maximum absolute atomic E-state index is 12.2. The molecule has 0 aliphatic rings. The summed E-state index contributed by atoms with van der Waals surface area (Å²) in [7, 11) is 0. The van der Waals surface area contributed by atoms with Crippen LogP contribution in [0.5, 0.6) is 0 Å². The molecule has 21 heavy (non-hydrogen) atoms. The van der Waals surface area contributed by atoms with Gasteiger partial charge in [0.05, 0.1) is 17.9 Å². The van der Waals surface area contributed by atoms with Crippen molar-refractivity contribution in [2.45, 2.75) is 46.2 Å². The fourth-order valence-corrected chi connectivity index (χ4v) is 1.48. The van der Waals surface area contributed by atoms with Gasteiger partial charge < -0.3 is 4.84 Å². The van der Waals surface area contributed by atoms with E-state index in [1.807, 2.05) is 13.8 Å². The summed E-state index contributed by atoms with van der Waals surface area (Å²) in [4.78, 5) is 4.96.